The van der Waals surface area contributed by atoms with Crippen LogP contribution in [0.5, 0.6) is 5.75 Å². The van der Waals surface area contributed by atoms with Crippen LogP contribution in [0.4, 0.5) is 4.39 Å². The molecule has 1 nitrogen and oxygen atoms in total. The van der Waals surface area contributed by atoms with Crippen molar-refractivity contribution < 1.29 is 9.13 Å². The summed E-state index contributed by atoms with van der Waals surface area (Å²) in [5.41, 5.74) is 0. The van der Waals surface area contributed by atoms with Gasteiger partial charge in [-0.15, -0.1) is 0 Å². The largest absolute Gasteiger partial charge is 0.493 e. The van der Waals surface area contributed by atoms with E-state index in [0.717, 1.165) is 18.2 Å². The van der Waals surface area contributed by atoms with Gasteiger partial charge < -0.3 is 4.74 Å². The first-order chi connectivity index (χ1) is 6.74. The van der Waals surface area contributed by atoms with Gasteiger partial charge in [0.25, 0.3) is 0 Å². The van der Waals surface area contributed by atoms with Gasteiger partial charge in [0.05, 0.1) is 11.1 Å². The Morgan fingerprint density at radius 1 is 1.29 bits per heavy atom. The number of hydrogen-bond donors (Lipinski definition) is 0. The zero-order valence-electron chi connectivity index (χ0n) is 7.60. The molecule has 0 fully saturated rings. The molecule has 14 heavy (non-hydrogen) atoms. The molecule has 0 aliphatic heterocycles. The number of halogens is 3. The van der Waals surface area contributed by atoms with Crippen LogP contribution in [0.1, 0.15) is 12.8 Å². The minimum Gasteiger partial charge on any atom is -0.493 e. The van der Waals surface area contributed by atoms with Gasteiger partial charge in [-0.1, -0.05) is 15.9 Å². The monoisotopic (exact) mass is 324 g/mol. The first-order valence-corrected chi connectivity index (χ1v) is 6.29. The highest BCUT2D eigenvalue weighted by atomic mass is 79.9. The fourth-order valence-corrected chi connectivity index (χ4v) is 1.60. The smallest absolute Gasteiger partial charge is 0.141 e. The van der Waals surface area contributed by atoms with Crippen LogP contribution in [0, 0.1) is 5.82 Å². The van der Waals surface area contributed by atoms with E-state index in [1.807, 2.05) is 0 Å². The minimum absolute atomic E-state index is 0.289. The van der Waals surface area contributed by atoms with E-state index in [1.54, 1.807) is 12.1 Å². The number of ether oxygens (including phenoxy) is 1. The lowest BCUT2D eigenvalue weighted by Crippen LogP contribution is -1.97. The SMILES string of the molecule is Fc1cc(OCCCCBr)ccc1Br. The zero-order valence-corrected chi connectivity index (χ0v) is 10.8. The molecular formula is C10H11Br2FO. The second-order valence-corrected chi connectivity index (χ2v) is 4.47. The van der Waals surface area contributed by atoms with Crippen molar-refractivity contribution in [1.82, 2.24) is 0 Å². The Kier molecular flexibility index (Phi) is 5.48. The van der Waals surface area contributed by atoms with Crippen LogP contribution in [0.3, 0.4) is 0 Å². The first kappa shape index (κ1) is 12.0. The Morgan fingerprint density at radius 2 is 2.07 bits per heavy atom. The lowest BCUT2D eigenvalue weighted by atomic mass is 10.3. The molecule has 0 saturated carbocycles. The third-order valence-corrected chi connectivity index (χ3v) is 2.89. The van der Waals surface area contributed by atoms with Crippen molar-refractivity contribution in [3.05, 3.63) is 28.5 Å². The van der Waals surface area contributed by atoms with Gasteiger partial charge in [0.15, 0.2) is 0 Å². The highest BCUT2D eigenvalue weighted by Gasteiger charge is 2.00. The van der Waals surface area contributed by atoms with Crippen molar-refractivity contribution in [2.24, 2.45) is 0 Å². The molecule has 0 saturated heterocycles. The molecule has 0 atom stereocenters. The molecule has 0 bridgehead atoms. The van der Waals surface area contributed by atoms with Gasteiger partial charge in [0, 0.05) is 11.4 Å². The maximum atomic E-state index is 13.0. The molecule has 0 unspecified atom stereocenters. The molecule has 0 heterocycles. The van der Waals surface area contributed by atoms with E-state index in [-0.39, 0.29) is 5.82 Å². The van der Waals surface area contributed by atoms with Gasteiger partial charge in [-0.25, -0.2) is 4.39 Å². The molecule has 4 heteroatoms. The maximum Gasteiger partial charge on any atom is 0.141 e. The maximum absolute atomic E-state index is 13.0. The summed E-state index contributed by atoms with van der Waals surface area (Å²) in [5, 5.41) is 0.977. The Hall–Kier alpha value is -0.0900. The van der Waals surface area contributed by atoms with E-state index in [4.69, 9.17) is 4.74 Å². The first-order valence-electron chi connectivity index (χ1n) is 4.38. The molecule has 0 N–H and O–H groups in total. The zero-order chi connectivity index (χ0) is 10.4. The van der Waals surface area contributed by atoms with Crippen molar-refractivity contribution in [3.63, 3.8) is 0 Å². The second kappa shape index (κ2) is 6.40. The van der Waals surface area contributed by atoms with Gasteiger partial charge in [-0.05, 0) is 40.9 Å². The molecule has 0 amide bonds. The molecule has 0 aliphatic rings. The van der Waals surface area contributed by atoms with Crippen LogP contribution in [0.15, 0.2) is 22.7 Å². The average Bonchev–Trinajstić information content (AvgIpc) is 2.18. The predicted molar refractivity (Wildman–Crippen MR) is 62.6 cm³/mol. The average molecular weight is 326 g/mol. The Balaban J connectivity index is 2.39. The number of rotatable bonds is 5. The molecule has 1 aromatic rings. The van der Waals surface area contributed by atoms with Crippen LogP contribution < -0.4 is 4.74 Å². The molecule has 0 aromatic heterocycles. The quantitative estimate of drug-likeness (QED) is 0.584. The third-order valence-electron chi connectivity index (χ3n) is 1.69. The van der Waals surface area contributed by atoms with E-state index in [9.17, 15) is 4.39 Å². The van der Waals surface area contributed by atoms with Crippen LogP contribution in [0.2, 0.25) is 0 Å². The second-order valence-electron chi connectivity index (χ2n) is 2.82. The van der Waals surface area contributed by atoms with E-state index < -0.39 is 0 Å². The molecule has 0 aliphatic carbocycles. The fraction of sp³-hybridized carbons (Fsp3) is 0.400. The molecule has 78 valence electrons. The van der Waals surface area contributed by atoms with E-state index in [1.165, 1.54) is 6.07 Å². The Labute approximate surface area is 99.9 Å². The lowest BCUT2D eigenvalue weighted by Gasteiger charge is -2.05. The van der Waals surface area contributed by atoms with Crippen LogP contribution in [-0.2, 0) is 0 Å². The van der Waals surface area contributed by atoms with Crippen LogP contribution >= 0.6 is 31.9 Å². The standard InChI is InChI=1S/C10H11Br2FO/c11-5-1-2-6-14-8-3-4-9(12)10(13)7-8/h3-4,7H,1-2,5-6H2. The van der Waals surface area contributed by atoms with Gasteiger partial charge in [0.2, 0.25) is 0 Å². The molecule has 0 radical (unpaired) electrons. The molecule has 1 aromatic carbocycles. The van der Waals surface area contributed by atoms with Gasteiger partial charge >= 0.3 is 0 Å². The minimum atomic E-state index is -0.289. The Bertz CT molecular complexity index is 291. The number of alkyl halides is 1. The van der Waals surface area contributed by atoms with Crippen LogP contribution in [0.25, 0.3) is 0 Å². The van der Waals surface area contributed by atoms with Gasteiger partial charge in [-0.2, -0.15) is 0 Å². The Morgan fingerprint density at radius 3 is 2.71 bits per heavy atom. The summed E-state index contributed by atoms with van der Waals surface area (Å²) in [4.78, 5) is 0. The van der Waals surface area contributed by atoms with Crippen molar-refractivity contribution in [2.75, 3.05) is 11.9 Å². The highest BCUT2D eigenvalue weighted by Crippen LogP contribution is 2.20. The van der Waals surface area contributed by atoms with E-state index in [2.05, 4.69) is 31.9 Å². The van der Waals surface area contributed by atoms with Crippen molar-refractivity contribution >= 4 is 31.9 Å². The summed E-state index contributed by atoms with van der Waals surface area (Å²) < 4.78 is 18.8. The third kappa shape index (κ3) is 3.96. The summed E-state index contributed by atoms with van der Waals surface area (Å²) in [7, 11) is 0. The summed E-state index contributed by atoms with van der Waals surface area (Å²) in [6, 6.07) is 4.79. The predicted octanol–water partition coefficient (Wildman–Crippen LogP) is 4.14. The van der Waals surface area contributed by atoms with Gasteiger partial charge in [0.1, 0.15) is 11.6 Å². The summed E-state index contributed by atoms with van der Waals surface area (Å²) in [6.07, 6.45) is 2.04. The van der Waals surface area contributed by atoms with Crippen molar-refractivity contribution in [3.8, 4) is 5.75 Å². The van der Waals surface area contributed by atoms with Gasteiger partial charge in [-0.3, -0.25) is 0 Å². The summed E-state index contributed by atoms with van der Waals surface area (Å²) in [6.45, 7) is 0.632. The number of hydrogen-bond acceptors (Lipinski definition) is 1. The fourth-order valence-electron chi connectivity index (χ4n) is 0.953. The lowest BCUT2D eigenvalue weighted by molar-refractivity contribution is 0.308. The van der Waals surface area contributed by atoms with Crippen molar-refractivity contribution in [2.45, 2.75) is 12.8 Å². The summed E-state index contributed by atoms with van der Waals surface area (Å²) >= 11 is 6.42. The van der Waals surface area contributed by atoms with E-state index in [0.29, 0.717) is 16.8 Å². The van der Waals surface area contributed by atoms with Crippen LogP contribution in [-0.4, -0.2) is 11.9 Å². The number of benzene rings is 1. The topological polar surface area (TPSA) is 9.23 Å². The summed E-state index contributed by atoms with van der Waals surface area (Å²) in [5.74, 6) is 0.295. The molecular weight excluding hydrogens is 315 g/mol. The van der Waals surface area contributed by atoms with E-state index >= 15 is 0 Å². The van der Waals surface area contributed by atoms with Crippen molar-refractivity contribution in [1.29, 1.82) is 0 Å². The highest BCUT2D eigenvalue weighted by molar-refractivity contribution is 9.10. The number of unbranched alkanes of at least 4 members (excludes halogenated alkanes) is 1. The normalized spacial score (nSPS) is 10.2. The molecule has 0 spiro atoms. The molecule has 1 rings (SSSR count).